The first-order valence-electron chi connectivity index (χ1n) is 6.11. The van der Waals surface area contributed by atoms with E-state index < -0.39 is 0 Å². The average Bonchev–Trinajstić information content (AvgIpc) is 2.48. The van der Waals surface area contributed by atoms with Crippen molar-refractivity contribution < 1.29 is 9.47 Å². The smallest absolute Gasteiger partial charge is 0.139 e. The minimum atomic E-state index is -0.0142. The van der Waals surface area contributed by atoms with Crippen LogP contribution in [0.4, 0.5) is 0 Å². The summed E-state index contributed by atoms with van der Waals surface area (Å²) in [4.78, 5) is 0. The van der Waals surface area contributed by atoms with E-state index in [0.717, 1.165) is 5.56 Å². The number of halogens is 2. The summed E-state index contributed by atoms with van der Waals surface area (Å²) in [5.41, 5.74) is 6.86. The van der Waals surface area contributed by atoms with Gasteiger partial charge in [0.25, 0.3) is 0 Å². The van der Waals surface area contributed by atoms with Crippen molar-refractivity contribution in [2.24, 2.45) is 5.73 Å². The van der Waals surface area contributed by atoms with Gasteiger partial charge in [0.2, 0.25) is 0 Å². The molecule has 3 N–H and O–H groups in total. The zero-order valence-corrected chi connectivity index (χ0v) is 12.8. The van der Waals surface area contributed by atoms with Gasteiger partial charge < -0.3 is 15.2 Å². The van der Waals surface area contributed by atoms with Gasteiger partial charge in [0.1, 0.15) is 29.0 Å². The van der Waals surface area contributed by atoms with Crippen LogP contribution < -0.4 is 15.2 Å². The molecule has 2 rings (SSSR count). The summed E-state index contributed by atoms with van der Waals surface area (Å²) in [5.74, 6) is 1.12. The average molecular weight is 325 g/mol. The molecule has 2 aromatic rings. The van der Waals surface area contributed by atoms with Gasteiger partial charge in [-0.2, -0.15) is 0 Å². The Labute approximate surface area is 132 Å². The maximum atomic E-state index is 7.48. The second kappa shape index (κ2) is 6.70. The lowest BCUT2D eigenvalue weighted by Crippen LogP contribution is -2.12. The molecular formula is C15H14Cl2N2O2. The molecule has 21 heavy (non-hydrogen) atoms. The van der Waals surface area contributed by atoms with Crippen LogP contribution in [0.3, 0.4) is 0 Å². The van der Waals surface area contributed by atoms with Gasteiger partial charge in [0, 0.05) is 11.1 Å². The van der Waals surface area contributed by atoms with Crippen molar-refractivity contribution in [3.05, 3.63) is 57.6 Å². The minimum Gasteiger partial charge on any atom is -0.496 e. The van der Waals surface area contributed by atoms with Crippen LogP contribution in [0, 0.1) is 5.41 Å². The van der Waals surface area contributed by atoms with Crippen molar-refractivity contribution in [3.8, 4) is 11.5 Å². The molecule has 0 aliphatic carbocycles. The molecule has 0 aromatic heterocycles. The van der Waals surface area contributed by atoms with Crippen molar-refractivity contribution in [1.29, 1.82) is 5.41 Å². The van der Waals surface area contributed by atoms with Crippen LogP contribution in [0.2, 0.25) is 10.0 Å². The number of benzene rings is 2. The Kier molecular flexibility index (Phi) is 4.94. The summed E-state index contributed by atoms with van der Waals surface area (Å²) in [6.45, 7) is 0.227. The van der Waals surface area contributed by atoms with Crippen molar-refractivity contribution in [2.45, 2.75) is 6.61 Å². The predicted octanol–water partition coefficient (Wildman–Crippen LogP) is 3.87. The Morgan fingerprint density at radius 2 is 1.95 bits per heavy atom. The van der Waals surface area contributed by atoms with Crippen LogP contribution in [0.5, 0.6) is 11.5 Å². The summed E-state index contributed by atoms with van der Waals surface area (Å²) in [6.07, 6.45) is 0. The van der Waals surface area contributed by atoms with Gasteiger partial charge in [0.05, 0.1) is 12.1 Å². The molecule has 0 aliphatic heterocycles. The molecule has 6 heteroatoms. The summed E-state index contributed by atoms with van der Waals surface area (Å²) in [6, 6.07) is 10.4. The SMILES string of the molecule is COc1ccc(C(=N)N)cc1COc1cccc(Cl)c1Cl. The van der Waals surface area contributed by atoms with Crippen molar-refractivity contribution in [3.63, 3.8) is 0 Å². The third kappa shape index (κ3) is 3.60. The van der Waals surface area contributed by atoms with Crippen LogP contribution in [0.25, 0.3) is 0 Å². The molecule has 0 saturated heterocycles. The molecule has 110 valence electrons. The molecule has 0 bridgehead atoms. The van der Waals surface area contributed by atoms with Crippen molar-refractivity contribution >= 4 is 29.0 Å². The summed E-state index contributed by atoms with van der Waals surface area (Å²) in [5, 5.41) is 8.27. The zero-order chi connectivity index (χ0) is 15.4. The van der Waals surface area contributed by atoms with Gasteiger partial charge in [-0.3, -0.25) is 5.41 Å². The molecule has 0 radical (unpaired) electrons. The van der Waals surface area contributed by atoms with Crippen molar-refractivity contribution in [1.82, 2.24) is 0 Å². The Hall–Kier alpha value is -1.91. The lowest BCUT2D eigenvalue weighted by molar-refractivity contribution is 0.297. The topological polar surface area (TPSA) is 68.3 Å². The lowest BCUT2D eigenvalue weighted by atomic mass is 10.1. The molecule has 0 amide bonds. The largest absolute Gasteiger partial charge is 0.496 e. The Morgan fingerprint density at radius 3 is 2.62 bits per heavy atom. The fourth-order valence-corrected chi connectivity index (χ4v) is 2.16. The van der Waals surface area contributed by atoms with E-state index in [-0.39, 0.29) is 12.4 Å². The highest BCUT2D eigenvalue weighted by molar-refractivity contribution is 6.42. The normalized spacial score (nSPS) is 10.2. The molecule has 2 aromatic carbocycles. The number of rotatable bonds is 5. The van der Waals surface area contributed by atoms with Gasteiger partial charge in [-0.05, 0) is 30.3 Å². The predicted molar refractivity (Wildman–Crippen MR) is 84.8 cm³/mol. The highest BCUT2D eigenvalue weighted by Gasteiger charge is 2.10. The van der Waals surface area contributed by atoms with E-state index in [1.165, 1.54) is 0 Å². The molecule has 0 saturated carbocycles. The number of methoxy groups -OCH3 is 1. The first kappa shape index (κ1) is 15.5. The fourth-order valence-electron chi connectivity index (χ4n) is 1.81. The first-order chi connectivity index (χ1) is 10.0. The third-order valence-corrected chi connectivity index (χ3v) is 3.69. The van der Waals surface area contributed by atoms with Gasteiger partial charge in [-0.25, -0.2) is 0 Å². The van der Waals surface area contributed by atoms with E-state index in [0.29, 0.717) is 27.1 Å². The monoisotopic (exact) mass is 324 g/mol. The number of amidine groups is 1. The second-order valence-electron chi connectivity index (χ2n) is 4.28. The first-order valence-corrected chi connectivity index (χ1v) is 6.86. The van der Waals surface area contributed by atoms with Gasteiger partial charge in [0.15, 0.2) is 0 Å². The molecule has 0 aliphatic rings. The number of hydrogen-bond acceptors (Lipinski definition) is 3. The van der Waals surface area contributed by atoms with Gasteiger partial charge in [-0.15, -0.1) is 0 Å². The third-order valence-electron chi connectivity index (χ3n) is 2.89. The van der Waals surface area contributed by atoms with E-state index in [1.54, 1.807) is 43.5 Å². The maximum Gasteiger partial charge on any atom is 0.139 e. The molecule has 4 nitrogen and oxygen atoms in total. The second-order valence-corrected chi connectivity index (χ2v) is 5.07. The Bertz CT molecular complexity index is 675. The molecular weight excluding hydrogens is 311 g/mol. The molecule has 0 heterocycles. The standard InChI is InChI=1S/C15H14Cl2N2O2/c1-20-12-6-5-9(15(18)19)7-10(12)8-21-13-4-2-3-11(16)14(13)17/h2-7H,8H2,1H3,(H3,18,19). The lowest BCUT2D eigenvalue weighted by Gasteiger charge is -2.13. The maximum absolute atomic E-state index is 7.48. The van der Waals surface area contributed by atoms with Crippen LogP contribution in [0.15, 0.2) is 36.4 Å². The minimum absolute atomic E-state index is 0.0142. The summed E-state index contributed by atoms with van der Waals surface area (Å²) >= 11 is 12.0. The summed E-state index contributed by atoms with van der Waals surface area (Å²) < 4.78 is 10.9. The molecule has 0 atom stereocenters. The highest BCUT2D eigenvalue weighted by Crippen LogP contribution is 2.32. The zero-order valence-electron chi connectivity index (χ0n) is 11.3. The highest BCUT2D eigenvalue weighted by atomic mass is 35.5. The number of nitrogens with one attached hydrogen (secondary N) is 1. The van der Waals surface area contributed by atoms with Crippen LogP contribution in [-0.4, -0.2) is 12.9 Å². The van der Waals surface area contributed by atoms with Crippen LogP contribution in [0.1, 0.15) is 11.1 Å². The molecule has 0 spiro atoms. The Morgan fingerprint density at radius 1 is 1.19 bits per heavy atom. The van der Waals surface area contributed by atoms with E-state index >= 15 is 0 Å². The van der Waals surface area contributed by atoms with E-state index in [4.69, 9.17) is 43.8 Å². The number of hydrogen-bond donors (Lipinski definition) is 2. The van der Waals surface area contributed by atoms with E-state index in [9.17, 15) is 0 Å². The van der Waals surface area contributed by atoms with Crippen LogP contribution >= 0.6 is 23.2 Å². The fraction of sp³-hybridized carbons (Fsp3) is 0.133. The van der Waals surface area contributed by atoms with Crippen molar-refractivity contribution in [2.75, 3.05) is 7.11 Å². The van der Waals surface area contributed by atoms with E-state index in [1.807, 2.05) is 0 Å². The molecule has 0 unspecified atom stereocenters. The number of nitrogen functional groups attached to an aromatic ring is 1. The number of ether oxygens (including phenoxy) is 2. The van der Waals surface area contributed by atoms with Gasteiger partial charge >= 0.3 is 0 Å². The summed E-state index contributed by atoms with van der Waals surface area (Å²) in [7, 11) is 1.57. The van der Waals surface area contributed by atoms with E-state index in [2.05, 4.69) is 0 Å². The molecule has 0 fully saturated rings. The van der Waals surface area contributed by atoms with Gasteiger partial charge in [-0.1, -0.05) is 29.3 Å². The Balaban J connectivity index is 2.24. The van der Waals surface area contributed by atoms with Crippen LogP contribution in [-0.2, 0) is 6.61 Å². The number of nitrogens with two attached hydrogens (primary N) is 1. The quantitative estimate of drug-likeness (QED) is 0.648.